The molecule has 20 heavy (non-hydrogen) atoms. The van der Waals surface area contributed by atoms with Gasteiger partial charge in [-0.1, -0.05) is 20.3 Å². The molecule has 6 heteroatoms. The van der Waals surface area contributed by atoms with E-state index in [1.54, 1.807) is 0 Å². The maximum Gasteiger partial charge on any atom is 0.231 e. The van der Waals surface area contributed by atoms with Gasteiger partial charge in [-0.25, -0.2) is 0 Å². The first-order valence-corrected chi connectivity index (χ1v) is 7.65. The van der Waals surface area contributed by atoms with Crippen molar-refractivity contribution in [2.45, 2.75) is 39.5 Å². The maximum absolute atomic E-state index is 4.56. The molecule has 6 nitrogen and oxygen atoms in total. The van der Waals surface area contributed by atoms with E-state index < -0.39 is 0 Å². The Morgan fingerprint density at radius 2 is 1.80 bits per heavy atom. The smallest absolute Gasteiger partial charge is 0.231 e. The Balaban J connectivity index is 2.10. The van der Waals surface area contributed by atoms with Crippen LogP contribution in [0.25, 0.3) is 0 Å². The van der Waals surface area contributed by atoms with Crippen LogP contribution in [0.3, 0.4) is 0 Å². The van der Waals surface area contributed by atoms with Crippen molar-refractivity contribution < 1.29 is 0 Å². The summed E-state index contributed by atoms with van der Waals surface area (Å²) in [7, 11) is 1.84. The minimum Gasteiger partial charge on any atom is -0.357 e. The predicted octanol–water partition coefficient (Wildman–Crippen LogP) is 2.36. The highest BCUT2D eigenvalue weighted by atomic mass is 15.3. The standard InChI is InChI=1S/C14H26N6/c1-4-11(2)10-16-13-17-12(15-3)18-14(19-13)20-8-6-5-7-9-20/h11H,4-10H2,1-3H3,(H2,15,16,17,18,19). The molecule has 1 fully saturated rings. The molecule has 0 radical (unpaired) electrons. The first kappa shape index (κ1) is 14.8. The number of aromatic nitrogens is 3. The summed E-state index contributed by atoms with van der Waals surface area (Å²) in [6.45, 7) is 7.38. The summed E-state index contributed by atoms with van der Waals surface area (Å²) >= 11 is 0. The Bertz CT molecular complexity index is 416. The van der Waals surface area contributed by atoms with E-state index in [4.69, 9.17) is 0 Å². The molecule has 0 spiro atoms. The summed E-state index contributed by atoms with van der Waals surface area (Å²) in [5.41, 5.74) is 0. The van der Waals surface area contributed by atoms with E-state index >= 15 is 0 Å². The summed E-state index contributed by atoms with van der Waals surface area (Å²) in [5.74, 6) is 2.70. The van der Waals surface area contributed by atoms with Crippen LogP contribution in [0.1, 0.15) is 39.5 Å². The average molecular weight is 278 g/mol. The highest BCUT2D eigenvalue weighted by Gasteiger charge is 2.16. The van der Waals surface area contributed by atoms with Crippen LogP contribution in [0, 0.1) is 5.92 Å². The lowest BCUT2D eigenvalue weighted by Gasteiger charge is -2.27. The van der Waals surface area contributed by atoms with Gasteiger partial charge in [0.15, 0.2) is 0 Å². The van der Waals surface area contributed by atoms with Gasteiger partial charge in [-0.3, -0.25) is 0 Å². The van der Waals surface area contributed by atoms with Gasteiger partial charge in [-0.15, -0.1) is 0 Å². The summed E-state index contributed by atoms with van der Waals surface area (Å²) in [6.07, 6.45) is 4.89. The van der Waals surface area contributed by atoms with Crippen molar-refractivity contribution in [3.05, 3.63) is 0 Å². The minimum absolute atomic E-state index is 0.614. The SMILES string of the molecule is CCC(C)CNc1nc(NC)nc(N2CCCCC2)n1. The second-order valence-electron chi connectivity index (χ2n) is 5.47. The van der Waals surface area contributed by atoms with Crippen molar-refractivity contribution in [2.75, 3.05) is 42.2 Å². The first-order chi connectivity index (χ1) is 9.72. The van der Waals surface area contributed by atoms with Gasteiger partial charge in [0.2, 0.25) is 17.8 Å². The number of piperidine rings is 1. The summed E-state index contributed by atoms with van der Waals surface area (Å²) < 4.78 is 0. The zero-order valence-corrected chi connectivity index (χ0v) is 12.8. The maximum atomic E-state index is 4.56. The van der Waals surface area contributed by atoms with Crippen LogP contribution in [0.5, 0.6) is 0 Å². The lowest BCUT2D eigenvalue weighted by molar-refractivity contribution is 0.566. The van der Waals surface area contributed by atoms with Crippen LogP contribution in [0.15, 0.2) is 0 Å². The van der Waals surface area contributed by atoms with E-state index in [0.717, 1.165) is 32.0 Å². The third-order valence-electron chi connectivity index (χ3n) is 3.79. The van der Waals surface area contributed by atoms with Crippen molar-refractivity contribution in [1.82, 2.24) is 15.0 Å². The second kappa shape index (κ2) is 7.26. The van der Waals surface area contributed by atoms with Gasteiger partial charge in [-0.2, -0.15) is 15.0 Å². The summed E-state index contributed by atoms with van der Waals surface area (Å²) in [4.78, 5) is 15.7. The molecule has 112 valence electrons. The molecule has 1 saturated heterocycles. The normalized spacial score (nSPS) is 16.9. The third-order valence-corrected chi connectivity index (χ3v) is 3.79. The number of hydrogen-bond acceptors (Lipinski definition) is 6. The molecular weight excluding hydrogens is 252 g/mol. The molecule has 0 aromatic carbocycles. The lowest BCUT2D eigenvalue weighted by atomic mass is 10.1. The van der Waals surface area contributed by atoms with Crippen molar-refractivity contribution in [3.8, 4) is 0 Å². The molecule has 2 rings (SSSR count). The van der Waals surface area contributed by atoms with Gasteiger partial charge in [0.25, 0.3) is 0 Å². The van der Waals surface area contributed by atoms with Crippen molar-refractivity contribution in [2.24, 2.45) is 5.92 Å². The summed E-state index contributed by atoms with van der Waals surface area (Å²) in [5, 5.41) is 6.34. The highest BCUT2D eigenvalue weighted by molar-refractivity contribution is 5.43. The minimum atomic E-state index is 0.614. The Labute approximate surface area is 121 Å². The topological polar surface area (TPSA) is 66.0 Å². The number of anilines is 3. The van der Waals surface area contributed by atoms with Crippen LogP contribution in [-0.2, 0) is 0 Å². The quantitative estimate of drug-likeness (QED) is 0.833. The van der Waals surface area contributed by atoms with Crippen LogP contribution in [0.4, 0.5) is 17.8 Å². The molecule has 0 bridgehead atoms. The van der Waals surface area contributed by atoms with Crippen LogP contribution >= 0.6 is 0 Å². The van der Waals surface area contributed by atoms with Crippen molar-refractivity contribution in [3.63, 3.8) is 0 Å². The summed E-state index contributed by atoms with van der Waals surface area (Å²) in [6, 6.07) is 0. The van der Waals surface area contributed by atoms with Crippen molar-refractivity contribution in [1.29, 1.82) is 0 Å². The molecular formula is C14H26N6. The largest absolute Gasteiger partial charge is 0.357 e. The number of nitrogens with one attached hydrogen (secondary N) is 2. The van der Waals surface area contributed by atoms with Gasteiger partial charge in [0.05, 0.1) is 0 Å². The monoisotopic (exact) mass is 278 g/mol. The van der Waals surface area contributed by atoms with Gasteiger partial charge >= 0.3 is 0 Å². The van der Waals surface area contributed by atoms with E-state index in [1.807, 2.05) is 7.05 Å². The number of rotatable bonds is 6. The third kappa shape index (κ3) is 3.95. The van der Waals surface area contributed by atoms with E-state index in [1.165, 1.54) is 19.3 Å². The van der Waals surface area contributed by atoms with E-state index in [0.29, 0.717) is 17.8 Å². The lowest BCUT2D eigenvalue weighted by Crippen LogP contribution is -2.31. The second-order valence-corrected chi connectivity index (χ2v) is 5.47. The number of hydrogen-bond donors (Lipinski definition) is 2. The zero-order chi connectivity index (χ0) is 14.4. The molecule has 1 aliphatic heterocycles. The van der Waals surface area contributed by atoms with Crippen LogP contribution < -0.4 is 15.5 Å². The molecule has 2 heterocycles. The molecule has 1 aliphatic rings. The fraction of sp³-hybridized carbons (Fsp3) is 0.786. The average Bonchev–Trinajstić information content (AvgIpc) is 2.53. The molecule has 2 N–H and O–H groups in total. The molecule has 1 aromatic rings. The molecule has 0 saturated carbocycles. The predicted molar refractivity (Wildman–Crippen MR) is 83.4 cm³/mol. The zero-order valence-electron chi connectivity index (χ0n) is 12.8. The Hall–Kier alpha value is -1.59. The Morgan fingerprint density at radius 1 is 1.10 bits per heavy atom. The van der Waals surface area contributed by atoms with Gasteiger partial charge in [0, 0.05) is 26.7 Å². The van der Waals surface area contributed by atoms with Gasteiger partial charge < -0.3 is 15.5 Å². The molecule has 0 aliphatic carbocycles. The van der Waals surface area contributed by atoms with Crippen LogP contribution in [-0.4, -0.2) is 41.6 Å². The molecule has 1 atom stereocenters. The molecule has 1 aromatic heterocycles. The highest BCUT2D eigenvalue weighted by Crippen LogP contribution is 2.18. The Morgan fingerprint density at radius 3 is 2.45 bits per heavy atom. The van der Waals surface area contributed by atoms with E-state index in [9.17, 15) is 0 Å². The van der Waals surface area contributed by atoms with Gasteiger partial charge in [0.1, 0.15) is 0 Å². The Kier molecular flexibility index (Phi) is 5.38. The molecule has 1 unspecified atom stereocenters. The first-order valence-electron chi connectivity index (χ1n) is 7.65. The number of nitrogens with zero attached hydrogens (tertiary/aromatic N) is 4. The fourth-order valence-corrected chi connectivity index (χ4v) is 2.20. The van der Waals surface area contributed by atoms with Gasteiger partial charge in [-0.05, 0) is 25.2 Å². The van der Waals surface area contributed by atoms with E-state index in [-0.39, 0.29) is 0 Å². The fourth-order valence-electron chi connectivity index (χ4n) is 2.20. The van der Waals surface area contributed by atoms with Crippen LogP contribution in [0.2, 0.25) is 0 Å². The van der Waals surface area contributed by atoms with E-state index in [2.05, 4.69) is 44.3 Å². The van der Waals surface area contributed by atoms with Crippen molar-refractivity contribution >= 4 is 17.8 Å². The molecule has 0 amide bonds.